The van der Waals surface area contributed by atoms with Gasteiger partial charge in [0.1, 0.15) is 0 Å². The second kappa shape index (κ2) is 6.51. The zero-order valence-electron chi connectivity index (χ0n) is 14.3. The molecule has 1 nitrogen and oxygen atoms in total. The minimum Gasteiger partial charge on any atom is -0.377 e. The van der Waals surface area contributed by atoms with Gasteiger partial charge in [-0.2, -0.15) is 0 Å². The first-order valence-electron chi connectivity index (χ1n) is 9.08. The van der Waals surface area contributed by atoms with Gasteiger partial charge in [-0.3, -0.25) is 0 Å². The normalized spacial score (nSPS) is 45.3. The third-order valence-corrected chi connectivity index (χ3v) is 6.97. The Morgan fingerprint density at radius 2 is 1.86 bits per heavy atom. The first-order valence-corrected chi connectivity index (χ1v) is 9.08. The molecule has 5 atom stereocenters. The molecule has 1 saturated carbocycles. The second-order valence-electron chi connectivity index (χ2n) is 7.74. The smallest absolute Gasteiger partial charge is 0.0682 e. The molecule has 1 saturated heterocycles. The van der Waals surface area contributed by atoms with Crippen molar-refractivity contribution in [2.75, 3.05) is 13.2 Å². The van der Waals surface area contributed by atoms with Crippen LogP contribution in [-0.4, -0.2) is 13.2 Å². The molecule has 0 bridgehead atoms. The van der Waals surface area contributed by atoms with E-state index >= 15 is 0 Å². The van der Waals surface area contributed by atoms with E-state index in [1.165, 1.54) is 32.1 Å². The van der Waals surface area contributed by atoms with Crippen LogP contribution >= 0.6 is 0 Å². The van der Waals surface area contributed by atoms with Crippen LogP contribution in [0.3, 0.4) is 0 Å². The number of rotatable bonds is 0. The Hall–Kier alpha value is -0.560. The van der Waals surface area contributed by atoms with Crippen LogP contribution in [0.1, 0.15) is 67.2 Å². The molecule has 3 aliphatic carbocycles. The molecule has 126 valence electrons. The Labute approximate surface area is 138 Å². The maximum absolute atomic E-state index is 5.71. The van der Waals surface area contributed by atoms with E-state index in [2.05, 4.69) is 32.1 Å². The third kappa shape index (κ3) is 2.50. The summed E-state index contributed by atoms with van der Waals surface area (Å²) in [5.41, 5.74) is 2.58. The van der Waals surface area contributed by atoms with E-state index in [-0.39, 0.29) is 7.43 Å². The summed E-state index contributed by atoms with van der Waals surface area (Å²) in [6, 6.07) is 0. The van der Waals surface area contributed by atoms with E-state index in [1.54, 1.807) is 5.57 Å². The predicted molar refractivity (Wildman–Crippen MR) is 95.9 cm³/mol. The van der Waals surface area contributed by atoms with Crippen molar-refractivity contribution in [2.24, 2.45) is 28.6 Å². The molecule has 0 radical (unpaired) electrons. The fourth-order valence-electron chi connectivity index (χ4n) is 5.68. The first-order chi connectivity index (χ1) is 10.1. The van der Waals surface area contributed by atoms with Crippen LogP contribution in [0.5, 0.6) is 0 Å². The monoisotopic (exact) mass is 304 g/mol. The number of ether oxygens (including phenoxy) is 1. The van der Waals surface area contributed by atoms with E-state index in [0.29, 0.717) is 10.8 Å². The fraction of sp³-hybridized carbons (Fsp3) is 0.810. The van der Waals surface area contributed by atoms with Gasteiger partial charge in [-0.15, -0.1) is 0 Å². The lowest BCUT2D eigenvalue weighted by atomic mass is 9.49. The van der Waals surface area contributed by atoms with Gasteiger partial charge >= 0.3 is 0 Å². The van der Waals surface area contributed by atoms with E-state index in [9.17, 15) is 0 Å². The molecule has 2 fully saturated rings. The van der Waals surface area contributed by atoms with Crippen molar-refractivity contribution in [3.05, 3.63) is 23.8 Å². The molecule has 0 aromatic carbocycles. The Balaban J connectivity index is 0.000000566. The topological polar surface area (TPSA) is 9.23 Å². The minimum atomic E-state index is 0. The molecule has 4 rings (SSSR count). The highest BCUT2D eigenvalue weighted by molar-refractivity contribution is 5.26. The Morgan fingerprint density at radius 3 is 2.64 bits per heavy atom. The van der Waals surface area contributed by atoms with Crippen molar-refractivity contribution in [3.63, 3.8) is 0 Å². The van der Waals surface area contributed by atoms with Crippen LogP contribution in [-0.2, 0) is 4.74 Å². The molecule has 4 aliphatic rings. The highest BCUT2D eigenvalue weighted by atomic mass is 16.5. The van der Waals surface area contributed by atoms with Crippen molar-refractivity contribution in [3.8, 4) is 0 Å². The van der Waals surface area contributed by atoms with Gasteiger partial charge in [0, 0.05) is 6.61 Å². The van der Waals surface area contributed by atoms with Gasteiger partial charge in [-0.05, 0) is 66.3 Å². The van der Waals surface area contributed by atoms with Crippen LogP contribution in [0.25, 0.3) is 0 Å². The van der Waals surface area contributed by atoms with E-state index in [1.807, 2.05) is 13.8 Å². The van der Waals surface area contributed by atoms with E-state index in [0.717, 1.165) is 31.0 Å². The summed E-state index contributed by atoms with van der Waals surface area (Å²) >= 11 is 0. The van der Waals surface area contributed by atoms with Gasteiger partial charge in [0.2, 0.25) is 0 Å². The van der Waals surface area contributed by atoms with E-state index < -0.39 is 0 Å². The molecular formula is C21H36O. The Kier molecular flexibility index (Phi) is 5.27. The number of fused-ring (bicyclic) bond motifs is 5. The summed E-state index contributed by atoms with van der Waals surface area (Å²) in [4.78, 5) is 0. The van der Waals surface area contributed by atoms with Gasteiger partial charge in [-0.25, -0.2) is 0 Å². The van der Waals surface area contributed by atoms with Crippen molar-refractivity contribution in [1.82, 2.24) is 0 Å². The molecule has 1 aliphatic heterocycles. The molecule has 5 unspecified atom stereocenters. The van der Waals surface area contributed by atoms with Crippen LogP contribution < -0.4 is 0 Å². The van der Waals surface area contributed by atoms with Gasteiger partial charge < -0.3 is 4.74 Å². The maximum Gasteiger partial charge on any atom is 0.0682 e. The second-order valence-corrected chi connectivity index (χ2v) is 7.74. The number of hydrogen-bond acceptors (Lipinski definition) is 1. The van der Waals surface area contributed by atoms with Crippen LogP contribution in [0.4, 0.5) is 0 Å². The molecule has 0 aromatic heterocycles. The van der Waals surface area contributed by atoms with Gasteiger partial charge in [-0.1, -0.05) is 53.3 Å². The Morgan fingerprint density at radius 1 is 1.09 bits per heavy atom. The number of allylic oxidation sites excluding steroid dienone is 3. The summed E-state index contributed by atoms with van der Waals surface area (Å²) in [5.74, 6) is 2.73. The van der Waals surface area contributed by atoms with Crippen molar-refractivity contribution in [1.29, 1.82) is 0 Å². The average molecular weight is 305 g/mol. The largest absolute Gasteiger partial charge is 0.377 e. The summed E-state index contributed by atoms with van der Waals surface area (Å²) in [7, 11) is 0. The van der Waals surface area contributed by atoms with Gasteiger partial charge in [0.25, 0.3) is 0 Å². The summed E-state index contributed by atoms with van der Waals surface area (Å²) in [6.07, 6.45) is 14.2. The predicted octanol–water partition coefficient (Wildman–Crippen LogP) is 6.01. The van der Waals surface area contributed by atoms with Gasteiger partial charge in [0.05, 0.1) is 6.61 Å². The van der Waals surface area contributed by atoms with Crippen molar-refractivity contribution < 1.29 is 4.74 Å². The van der Waals surface area contributed by atoms with Crippen molar-refractivity contribution >= 4 is 0 Å². The molecule has 0 aromatic rings. The summed E-state index contributed by atoms with van der Waals surface area (Å²) in [5, 5.41) is 0. The summed E-state index contributed by atoms with van der Waals surface area (Å²) in [6.45, 7) is 10.9. The Bertz CT molecular complexity index is 449. The molecule has 0 amide bonds. The van der Waals surface area contributed by atoms with E-state index in [4.69, 9.17) is 4.74 Å². The lowest BCUT2D eigenvalue weighted by molar-refractivity contribution is -0.0423. The molecule has 1 heteroatoms. The zero-order valence-corrected chi connectivity index (χ0v) is 14.3. The quantitative estimate of drug-likeness (QED) is 0.498. The van der Waals surface area contributed by atoms with Crippen molar-refractivity contribution in [2.45, 2.75) is 67.2 Å². The number of hydrogen-bond donors (Lipinski definition) is 0. The minimum absolute atomic E-state index is 0. The fourth-order valence-corrected chi connectivity index (χ4v) is 5.68. The molecule has 0 N–H and O–H groups in total. The SMILES string of the molecule is C.CC.CC12C=CCC1C1CC=C3COCCC3(C)C1CC2. The average Bonchev–Trinajstić information content (AvgIpc) is 2.90. The van der Waals surface area contributed by atoms with Crippen LogP contribution in [0.15, 0.2) is 23.8 Å². The lowest BCUT2D eigenvalue weighted by Crippen LogP contribution is -2.49. The first kappa shape index (κ1) is 17.8. The third-order valence-electron chi connectivity index (χ3n) is 6.97. The summed E-state index contributed by atoms with van der Waals surface area (Å²) < 4.78 is 5.71. The van der Waals surface area contributed by atoms with Crippen LogP contribution in [0.2, 0.25) is 0 Å². The highest BCUT2D eigenvalue weighted by Gasteiger charge is 2.54. The molecule has 22 heavy (non-hydrogen) atoms. The lowest BCUT2D eigenvalue weighted by Gasteiger charge is -2.56. The standard InChI is InChI=1S/C18H26O.C2H6.CH4/c1-17-8-3-4-15(17)14-6-5-13-12-19-11-10-18(13,2)16(14)7-9-17;1-2;/h3,5,8,14-16H,4,6-7,9-12H2,1-2H3;1-2H3;1H4. The highest BCUT2D eigenvalue weighted by Crippen LogP contribution is 2.62. The molecule has 1 heterocycles. The maximum atomic E-state index is 5.71. The molecule has 0 spiro atoms. The zero-order chi connectivity index (χ0) is 15.1. The molecular weight excluding hydrogens is 268 g/mol. The van der Waals surface area contributed by atoms with Gasteiger partial charge in [0.15, 0.2) is 0 Å². The van der Waals surface area contributed by atoms with Crippen LogP contribution in [0, 0.1) is 28.6 Å².